The van der Waals surface area contributed by atoms with Crippen molar-refractivity contribution in [1.82, 2.24) is 9.97 Å². The number of benzene rings is 1. The van der Waals surface area contributed by atoms with Gasteiger partial charge in [-0.05, 0) is 30.2 Å². The number of aromatic nitrogens is 2. The zero-order valence-electron chi connectivity index (χ0n) is 14.8. The third-order valence-electron chi connectivity index (χ3n) is 3.90. The first-order valence-electron chi connectivity index (χ1n) is 8.06. The van der Waals surface area contributed by atoms with Gasteiger partial charge >= 0.3 is 0 Å². The van der Waals surface area contributed by atoms with E-state index >= 15 is 0 Å². The van der Waals surface area contributed by atoms with Gasteiger partial charge in [-0.2, -0.15) is 12.6 Å². The van der Waals surface area contributed by atoms with Gasteiger partial charge in [-0.15, -0.1) is 0 Å². The Morgan fingerprint density at radius 3 is 2.35 bits per heavy atom. The van der Waals surface area contributed by atoms with Crippen LogP contribution in [0.4, 0.5) is 10.3 Å². The van der Waals surface area contributed by atoms with Crippen LogP contribution in [0.25, 0.3) is 11.3 Å². The molecule has 0 saturated heterocycles. The molecule has 0 saturated carbocycles. The van der Waals surface area contributed by atoms with Crippen molar-refractivity contribution < 1.29 is 17.9 Å². The van der Waals surface area contributed by atoms with Crippen molar-refractivity contribution in [2.45, 2.75) is 26.4 Å². The summed E-state index contributed by atoms with van der Waals surface area (Å²) in [4.78, 5) is 8.74. The molecule has 0 radical (unpaired) electrons. The minimum atomic E-state index is -3.62. The number of thiol groups is 1. The van der Waals surface area contributed by atoms with Gasteiger partial charge in [0.05, 0.1) is 23.7 Å². The maximum absolute atomic E-state index is 13.3. The zero-order chi connectivity index (χ0) is 19.5. The fraction of sp³-hybridized carbons (Fsp3) is 0.412. The number of hydrogen-bond acceptors (Lipinski definition) is 6. The van der Waals surface area contributed by atoms with E-state index in [1.54, 1.807) is 0 Å². The molecule has 0 atom stereocenters. The Balaban J connectivity index is 2.70. The summed E-state index contributed by atoms with van der Waals surface area (Å²) in [6, 6.07) is 5.64. The quantitative estimate of drug-likeness (QED) is 0.699. The number of aliphatic hydroxyl groups is 1. The predicted molar refractivity (Wildman–Crippen MR) is 103 cm³/mol. The van der Waals surface area contributed by atoms with E-state index in [0.717, 1.165) is 4.31 Å². The highest BCUT2D eigenvalue weighted by molar-refractivity contribution is 7.93. The van der Waals surface area contributed by atoms with Crippen molar-refractivity contribution in [3.63, 3.8) is 0 Å². The molecule has 0 amide bonds. The largest absolute Gasteiger partial charge is 0.392 e. The van der Waals surface area contributed by atoms with Gasteiger partial charge in [0.15, 0.2) is 0 Å². The lowest BCUT2D eigenvalue weighted by atomic mass is 9.99. The van der Waals surface area contributed by atoms with Crippen molar-refractivity contribution in [2.75, 3.05) is 22.9 Å². The average molecular weight is 400 g/mol. The van der Waals surface area contributed by atoms with Gasteiger partial charge < -0.3 is 5.11 Å². The van der Waals surface area contributed by atoms with Gasteiger partial charge in [-0.1, -0.05) is 13.8 Å². The zero-order valence-corrected chi connectivity index (χ0v) is 16.6. The van der Waals surface area contributed by atoms with Crippen LogP contribution in [0, 0.1) is 5.82 Å². The van der Waals surface area contributed by atoms with E-state index in [9.17, 15) is 17.9 Å². The number of halogens is 1. The molecule has 0 unspecified atom stereocenters. The molecule has 6 nitrogen and oxygen atoms in total. The predicted octanol–water partition coefficient (Wildman–Crippen LogP) is 2.59. The highest BCUT2D eigenvalue weighted by Gasteiger charge is 2.24. The number of hydrogen-bond donors (Lipinski definition) is 2. The van der Waals surface area contributed by atoms with Crippen LogP contribution in [0.5, 0.6) is 0 Å². The smallest absolute Gasteiger partial charge is 0.239 e. The van der Waals surface area contributed by atoms with Crippen LogP contribution < -0.4 is 4.31 Å². The van der Waals surface area contributed by atoms with Crippen LogP contribution >= 0.6 is 12.6 Å². The van der Waals surface area contributed by atoms with Gasteiger partial charge in [-0.3, -0.25) is 0 Å². The van der Waals surface area contributed by atoms with Crippen LogP contribution in [-0.4, -0.2) is 42.0 Å². The lowest BCUT2D eigenvalue weighted by molar-refractivity contribution is 0.279. The van der Waals surface area contributed by atoms with E-state index in [4.69, 9.17) is 0 Å². The fourth-order valence-electron chi connectivity index (χ4n) is 2.49. The minimum Gasteiger partial charge on any atom is -0.392 e. The molecule has 1 aromatic heterocycles. The molecule has 0 spiro atoms. The molecule has 142 valence electrons. The summed E-state index contributed by atoms with van der Waals surface area (Å²) in [5, 5.41) is 9.84. The van der Waals surface area contributed by atoms with Crippen LogP contribution in [-0.2, 0) is 16.6 Å². The molecule has 2 rings (SSSR count). The Morgan fingerprint density at radius 1 is 1.23 bits per heavy atom. The molecule has 0 bridgehead atoms. The second-order valence-corrected chi connectivity index (χ2v) is 8.63. The first-order valence-corrected chi connectivity index (χ1v) is 10.3. The van der Waals surface area contributed by atoms with Gasteiger partial charge in [-0.25, -0.2) is 27.1 Å². The Bertz CT molecular complexity index is 872. The van der Waals surface area contributed by atoms with Crippen LogP contribution in [0.3, 0.4) is 0 Å². The van der Waals surface area contributed by atoms with E-state index in [1.807, 2.05) is 13.8 Å². The molecule has 0 aliphatic rings. The standard InChI is InChI=1S/C17H22FN3O3S2/c1-11(2)15-14(10-22)16(12-4-6-13(18)7-5-12)20-17(19-15)21(3)26(23,24)9-8-25/h4-7,11,22,25H,8-10H2,1-3H3. The van der Waals surface area contributed by atoms with Crippen molar-refractivity contribution in [3.8, 4) is 11.3 Å². The summed E-state index contributed by atoms with van der Waals surface area (Å²) in [5.74, 6) is -0.443. The van der Waals surface area contributed by atoms with Gasteiger partial charge in [0, 0.05) is 23.9 Å². The Hall–Kier alpha value is -1.71. The first-order chi connectivity index (χ1) is 12.2. The number of anilines is 1. The molecular weight excluding hydrogens is 377 g/mol. The molecule has 1 heterocycles. The Kier molecular flexibility index (Phi) is 6.59. The molecule has 1 N–H and O–H groups in total. The summed E-state index contributed by atoms with van der Waals surface area (Å²) < 4.78 is 39.0. The van der Waals surface area contributed by atoms with E-state index in [-0.39, 0.29) is 30.0 Å². The van der Waals surface area contributed by atoms with E-state index in [2.05, 4.69) is 22.6 Å². The molecule has 0 aliphatic carbocycles. The second kappa shape index (κ2) is 8.32. The molecule has 2 aromatic rings. The van der Waals surface area contributed by atoms with Gasteiger partial charge in [0.25, 0.3) is 0 Å². The highest BCUT2D eigenvalue weighted by atomic mass is 32.2. The highest BCUT2D eigenvalue weighted by Crippen LogP contribution is 2.30. The van der Waals surface area contributed by atoms with E-state index in [1.165, 1.54) is 31.3 Å². The monoisotopic (exact) mass is 399 g/mol. The third-order valence-corrected chi connectivity index (χ3v) is 6.14. The summed E-state index contributed by atoms with van der Waals surface area (Å²) in [7, 11) is -2.24. The molecule has 1 aromatic carbocycles. The average Bonchev–Trinajstić information content (AvgIpc) is 2.60. The van der Waals surface area contributed by atoms with E-state index < -0.39 is 15.8 Å². The number of nitrogens with zero attached hydrogens (tertiary/aromatic N) is 3. The van der Waals surface area contributed by atoms with Crippen molar-refractivity contribution >= 4 is 28.6 Å². The van der Waals surface area contributed by atoms with Crippen molar-refractivity contribution in [2.24, 2.45) is 0 Å². The van der Waals surface area contributed by atoms with Crippen molar-refractivity contribution in [3.05, 3.63) is 41.3 Å². The molecular formula is C17H22FN3O3S2. The molecule has 26 heavy (non-hydrogen) atoms. The fourth-order valence-corrected chi connectivity index (χ4v) is 4.01. The number of sulfonamides is 1. The van der Waals surface area contributed by atoms with E-state index in [0.29, 0.717) is 22.5 Å². The number of aliphatic hydroxyl groups excluding tert-OH is 1. The number of rotatable bonds is 7. The topological polar surface area (TPSA) is 83.4 Å². The normalized spacial score (nSPS) is 11.8. The lowest BCUT2D eigenvalue weighted by Crippen LogP contribution is -2.31. The second-order valence-electron chi connectivity index (χ2n) is 6.06. The summed E-state index contributed by atoms with van der Waals surface area (Å²) >= 11 is 3.98. The summed E-state index contributed by atoms with van der Waals surface area (Å²) in [6.07, 6.45) is 0. The summed E-state index contributed by atoms with van der Waals surface area (Å²) in [5.41, 5.74) is 2.00. The molecule has 9 heteroatoms. The van der Waals surface area contributed by atoms with Crippen LogP contribution in [0.2, 0.25) is 0 Å². The third kappa shape index (κ3) is 4.33. The Morgan fingerprint density at radius 2 is 1.85 bits per heavy atom. The minimum absolute atomic E-state index is 0.00649. The van der Waals surface area contributed by atoms with Crippen molar-refractivity contribution in [1.29, 1.82) is 0 Å². The lowest BCUT2D eigenvalue weighted by Gasteiger charge is -2.21. The van der Waals surface area contributed by atoms with Crippen LogP contribution in [0.1, 0.15) is 31.0 Å². The Labute approximate surface area is 158 Å². The maximum Gasteiger partial charge on any atom is 0.239 e. The van der Waals surface area contributed by atoms with Gasteiger partial charge in [0.1, 0.15) is 5.82 Å². The van der Waals surface area contributed by atoms with Crippen LogP contribution in [0.15, 0.2) is 24.3 Å². The SMILES string of the molecule is CC(C)c1nc(N(C)S(=O)(=O)CCS)nc(-c2ccc(F)cc2)c1CO. The first kappa shape index (κ1) is 20.6. The molecule has 0 fully saturated rings. The molecule has 0 aliphatic heterocycles. The maximum atomic E-state index is 13.3. The summed E-state index contributed by atoms with van der Waals surface area (Å²) in [6.45, 7) is 3.47. The van der Waals surface area contributed by atoms with Gasteiger partial charge in [0.2, 0.25) is 16.0 Å².